The number of hydrogen-bond acceptors (Lipinski definition) is 4. The Labute approximate surface area is 231 Å². The van der Waals surface area contributed by atoms with Crippen molar-refractivity contribution in [2.45, 2.75) is 64.7 Å². The van der Waals surface area contributed by atoms with E-state index in [0.29, 0.717) is 25.3 Å². The first-order valence-corrected chi connectivity index (χ1v) is 20.2. The summed E-state index contributed by atoms with van der Waals surface area (Å²) >= 11 is 0. The Morgan fingerprint density at radius 2 is 1.32 bits per heavy atom. The van der Waals surface area contributed by atoms with Crippen LogP contribution >= 0.6 is 0 Å². The number of benzene rings is 2. The zero-order valence-electron chi connectivity index (χ0n) is 23.9. The number of aliphatic hydroxyl groups is 1. The van der Waals surface area contributed by atoms with E-state index >= 15 is 0 Å². The van der Waals surface area contributed by atoms with Crippen molar-refractivity contribution in [1.29, 1.82) is 0 Å². The van der Waals surface area contributed by atoms with E-state index in [1.165, 1.54) is 0 Å². The second-order valence-corrected chi connectivity index (χ2v) is 20.5. The predicted molar refractivity (Wildman–Crippen MR) is 163 cm³/mol. The van der Waals surface area contributed by atoms with Gasteiger partial charge in [0, 0.05) is 50.0 Å². The number of aliphatic hydroxyl groups excluding tert-OH is 1. The summed E-state index contributed by atoms with van der Waals surface area (Å²) in [5.74, 6) is 0.149. The maximum Gasteiger partial charge on any atom is 0.321 e. The Kier molecular flexibility index (Phi) is 13.2. The van der Waals surface area contributed by atoms with E-state index in [1.54, 1.807) is 12.0 Å². The fourth-order valence-corrected chi connectivity index (χ4v) is 6.63. The van der Waals surface area contributed by atoms with Crippen LogP contribution in [0.4, 0.5) is 16.2 Å². The maximum atomic E-state index is 13.1. The van der Waals surface area contributed by atoms with Crippen LogP contribution in [0.15, 0.2) is 60.7 Å². The van der Waals surface area contributed by atoms with Crippen LogP contribution in [0, 0.1) is 0 Å². The average molecular weight is 558 g/mol. The van der Waals surface area contributed by atoms with Crippen LogP contribution in [-0.2, 0) is 9.22 Å². The van der Waals surface area contributed by atoms with Gasteiger partial charge in [-0.15, -0.1) is 0 Å². The SMILES string of the molecule is CO[Si](C)(C)CN(C(=O)CCCCCCCNC(=O)N(C[Si](C)(C)CO)c1ccccc1)c1ccccc1. The van der Waals surface area contributed by atoms with E-state index in [0.717, 1.165) is 43.5 Å². The molecule has 38 heavy (non-hydrogen) atoms. The zero-order chi connectivity index (χ0) is 28.0. The molecule has 9 heteroatoms. The molecule has 0 fully saturated rings. The summed E-state index contributed by atoms with van der Waals surface area (Å²) < 4.78 is 5.71. The molecule has 2 aromatic rings. The molecule has 0 bridgehead atoms. The molecule has 0 aliphatic heterocycles. The number of nitrogens with zero attached hydrogens (tertiary/aromatic N) is 2. The van der Waals surface area contributed by atoms with Crippen molar-refractivity contribution in [2.75, 3.05) is 42.0 Å². The summed E-state index contributed by atoms with van der Waals surface area (Å²) in [4.78, 5) is 29.7. The van der Waals surface area contributed by atoms with Gasteiger partial charge in [0.05, 0.1) is 8.07 Å². The first-order chi connectivity index (χ1) is 18.1. The summed E-state index contributed by atoms with van der Waals surface area (Å²) in [6.45, 7) is 9.04. The van der Waals surface area contributed by atoms with Gasteiger partial charge in [0.1, 0.15) is 0 Å². The van der Waals surface area contributed by atoms with E-state index in [2.05, 4.69) is 31.5 Å². The minimum atomic E-state index is -1.95. The van der Waals surface area contributed by atoms with Gasteiger partial charge in [-0.05, 0) is 50.2 Å². The van der Waals surface area contributed by atoms with Crippen LogP contribution in [0.2, 0.25) is 26.2 Å². The Balaban J connectivity index is 1.74. The van der Waals surface area contributed by atoms with Crippen LogP contribution in [0.3, 0.4) is 0 Å². The summed E-state index contributed by atoms with van der Waals surface area (Å²) in [5, 5.41) is 12.8. The lowest BCUT2D eigenvalue weighted by Crippen LogP contribution is -2.51. The monoisotopic (exact) mass is 557 g/mol. The van der Waals surface area contributed by atoms with Crippen molar-refractivity contribution in [3.05, 3.63) is 60.7 Å². The first kappa shape index (κ1) is 31.7. The molecule has 0 aliphatic rings. The van der Waals surface area contributed by atoms with Crippen molar-refractivity contribution < 1.29 is 19.1 Å². The molecular weight excluding hydrogens is 511 g/mol. The summed E-state index contributed by atoms with van der Waals surface area (Å²) in [6, 6.07) is 19.4. The Bertz CT molecular complexity index is 895. The number of para-hydroxylation sites is 2. The molecule has 0 radical (unpaired) electrons. The highest BCUT2D eigenvalue weighted by atomic mass is 28.4. The lowest BCUT2D eigenvalue weighted by Gasteiger charge is -2.30. The van der Waals surface area contributed by atoms with Crippen molar-refractivity contribution in [3.8, 4) is 0 Å². The number of unbranched alkanes of at least 4 members (excludes halogenated alkanes) is 4. The van der Waals surface area contributed by atoms with Crippen LogP contribution in [0.25, 0.3) is 0 Å². The number of rotatable bonds is 16. The Morgan fingerprint density at radius 3 is 1.87 bits per heavy atom. The molecule has 0 unspecified atom stereocenters. The van der Waals surface area contributed by atoms with Crippen LogP contribution < -0.4 is 15.1 Å². The molecule has 0 atom stereocenters. The van der Waals surface area contributed by atoms with Gasteiger partial charge in [0.15, 0.2) is 0 Å². The molecule has 2 aromatic carbocycles. The van der Waals surface area contributed by atoms with E-state index < -0.39 is 16.4 Å². The van der Waals surface area contributed by atoms with E-state index in [9.17, 15) is 14.7 Å². The smallest absolute Gasteiger partial charge is 0.321 e. The van der Waals surface area contributed by atoms with Gasteiger partial charge in [-0.2, -0.15) is 0 Å². The molecular formula is C29H47N3O4Si2. The Hall–Kier alpha value is -2.47. The zero-order valence-corrected chi connectivity index (χ0v) is 25.9. The van der Waals surface area contributed by atoms with Crippen molar-refractivity contribution >= 4 is 39.7 Å². The van der Waals surface area contributed by atoms with Crippen molar-refractivity contribution in [2.24, 2.45) is 0 Å². The number of nitrogens with one attached hydrogen (secondary N) is 1. The van der Waals surface area contributed by atoms with Crippen molar-refractivity contribution in [1.82, 2.24) is 5.32 Å². The third-order valence-electron chi connectivity index (χ3n) is 6.63. The van der Waals surface area contributed by atoms with Crippen LogP contribution in [0.1, 0.15) is 38.5 Å². The predicted octanol–water partition coefficient (Wildman–Crippen LogP) is 5.75. The van der Waals surface area contributed by atoms with E-state index in [1.807, 2.05) is 65.6 Å². The molecule has 2 rings (SSSR count). The third kappa shape index (κ3) is 11.1. The molecule has 7 nitrogen and oxygen atoms in total. The summed E-state index contributed by atoms with van der Waals surface area (Å²) in [7, 11) is -2.14. The molecule has 0 saturated heterocycles. The fraction of sp³-hybridized carbons (Fsp3) is 0.517. The van der Waals surface area contributed by atoms with Gasteiger partial charge in [-0.3, -0.25) is 9.69 Å². The van der Waals surface area contributed by atoms with Gasteiger partial charge in [0.2, 0.25) is 14.2 Å². The Morgan fingerprint density at radius 1 is 0.789 bits per heavy atom. The molecule has 3 amide bonds. The fourth-order valence-electron chi connectivity index (χ4n) is 4.10. The normalized spacial score (nSPS) is 11.7. The van der Waals surface area contributed by atoms with Crippen LogP contribution in [0.5, 0.6) is 0 Å². The van der Waals surface area contributed by atoms with Gasteiger partial charge < -0.3 is 19.7 Å². The molecule has 0 aromatic heterocycles. The highest BCUT2D eigenvalue weighted by Crippen LogP contribution is 2.20. The van der Waals surface area contributed by atoms with Gasteiger partial charge in [-0.1, -0.05) is 68.8 Å². The number of carbonyl (C=O) groups excluding carboxylic acids is 2. The summed E-state index contributed by atoms with van der Waals surface area (Å²) in [5.41, 5.74) is 1.78. The number of amides is 3. The number of urea groups is 1. The minimum Gasteiger partial charge on any atom is -0.419 e. The topological polar surface area (TPSA) is 82.1 Å². The third-order valence-corrected chi connectivity index (χ3v) is 10.8. The maximum absolute atomic E-state index is 13.1. The molecule has 0 heterocycles. The number of anilines is 2. The molecule has 0 aliphatic carbocycles. The molecule has 0 saturated carbocycles. The van der Waals surface area contributed by atoms with Crippen LogP contribution in [-0.4, -0.2) is 65.7 Å². The van der Waals surface area contributed by atoms with Gasteiger partial charge in [0.25, 0.3) is 0 Å². The first-order valence-electron chi connectivity index (χ1n) is 13.7. The largest absolute Gasteiger partial charge is 0.419 e. The standard InChI is InChI=1S/C29H47N3O4Si2/c1-36-38(4,5)24-31(26-17-11-9-12-18-26)28(34)21-15-7-6-8-16-22-30-29(35)32(23-37(2,3)25-33)27-19-13-10-14-20-27/h9-14,17-20,33H,6-8,15-16,21-25H2,1-5H3,(H,30,35). The average Bonchev–Trinajstić information content (AvgIpc) is 2.92. The molecule has 210 valence electrons. The summed E-state index contributed by atoms with van der Waals surface area (Å²) in [6.07, 6.45) is 6.64. The second kappa shape index (κ2) is 15.8. The second-order valence-electron chi connectivity index (χ2n) is 11.3. The minimum absolute atomic E-state index is 0.112. The van der Waals surface area contributed by atoms with Gasteiger partial charge >= 0.3 is 6.03 Å². The number of carbonyl (C=O) groups is 2. The van der Waals surface area contributed by atoms with Gasteiger partial charge in [-0.25, -0.2) is 4.79 Å². The molecule has 2 N–H and O–H groups in total. The lowest BCUT2D eigenvalue weighted by molar-refractivity contribution is -0.118. The van der Waals surface area contributed by atoms with E-state index in [-0.39, 0.29) is 18.2 Å². The highest BCUT2D eigenvalue weighted by Gasteiger charge is 2.29. The van der Waals surface area contributed by atoms with Crippen molar-refractivity contribution in [3.63, 3.8) is 0 Å². The quantitative estimate of drug-likeness (QED) is 0.204. The van der Waals surface area contributed by atoms with E-state index in [4.69, 9.17) is 4.43 Å². The molecule has 0 spiro atoms. The lowest BCUT2D eigenvalue weighted by atomic mass is 10.1. The highest BCUT2D eigenvalue weighted by molar-refractivity contribution is 6.78. The number of hydrogen-bond donors (Lipinski definition) is 2.